The van der Waals surface area contributed by atoms with Crippen molar-refractivity contribution in [3.05, 3.63) is 89.5 Å². The van der Waals surface area contributed by atoms with Crippen molar-refractivity contribution in [3.63, 3.8) is 0 Å². The fourth-order valence-corrected chi connectivity index (χ4v) is 4.93. The molecule has 2 aliphatic heterocycles. The van der Waals surface area contributed by atoms with E-state index in [1.807, 2.05) is 57.2 Å². The molecule has 3 aromatic rings. The van der Waals surface area contributed by atoms with Gasteiger partial charge in [0, 0.05) is 23.7 Å². The van der Waals surface area contributed by atoms with Crippen molar-refractivity contribution in [1.82, 2.24) is 4.90 Å². The summed E-state index contributed by atoms with van der Waals surface area (Å²) in [6.45, 7) is 9.99. The highest BCUT2D eigenvalue weighted by Gasteiger charge is 2.26. The smallest absolute Gasteiger partial charge is 0.316 e. The predicted molar refractivity (Wildman–Crippen MR) is 152 cm³/mol. The van der Waals surface area contributed by atoms with Crippen LogP contribution in [-0.4, -0.2) is 43.7 Å². The van der Waals surface area contributed by atoms with Crippen LogP contribution in [0.15, 0.2) is 72.8 Å². The number of carbonyl (C=O) groups excluding carboxylic acids is 1. The van der Waals surface area contributed by atoms with Crippen LogP contribution in [-0.2, 0) is 4.79 Å². The molecule has 0 N–H and O–H groups in total. The van der Waals surface area contributed by atoms with Gasteiger partial charge in [-0.2, -0.15) is 0 Å². The molecule has 38 heavy (non-hydrogen) atoms. The highest BCUT2D eigenvalue weighted by Crippen LogP contribution is 2.43. The van der Waals surface area contributed by atoms with Crippen LogP contribution in [0, 0.1) is 5.41 Å². The first-order valence-electron chi connectivity index (χ1n) is 13.6. The lowest BCUT2D eigenvalue weighted by atomic mass is 9.87. The van der Waals surface area contributed by atoms with Crippen molar-refractivity contribution in [3.8, 4) is 17.2 Å². The second-order valence-corrected chi connectivity index (χ2v) is 11.1. The van der Waals surface area contributed by atoms with Gasteiger partial charge < -0.3 is 14.2 Å². The van der Waals surface area contributed by atoms with E-state index in [-0.39, 0.29) is 5.97 Å². The standard InChI is InChI=1S/C33H37NO4/c1-33(2,3)32(35)38-27-16-17-28-30(22-27)37-23-29(24-10-6-4-7-11-24)31(28)25-12-14-26(15-13-25)36-21-20-34-18-8-5-9-19-34/h4,6-7,10-17,22H,5,8-9,18-21,23H2,1-3H3. The van der Waals surface area contributed by atoms with Crippen molar-refractivity contribution >= 4 is 17.1 Å². The Kier molecular flexibility index (Phi) is 7.85. The van der Waals surface area contributed by atoms with Gasteiger partial charge in [-0.3, -0.25) is 9.69 Å². The Morgan fingerprint density at radius 2 is 1.58 bits per heavy atom. The van der Waals surface area contributed by atoms with Crippen molar-refractivity contribution in [1.29, 1.82) is 0 Å². The van der Waals surface area contributed by atoms with Gasteiger partial charge in [-0.1, -0.05) is 48.9 Å². The highest BCUT2D eigenvalue weighted by atomic mass is 16.5. The first kappa shape index (κ1) is 26.1. The van der Waals surface area contributed by atoms with E-state index in [0.29, 0.717) is 24.7 Å². The highest BCUT2D eigenvalue weighted by molar-refractivity contribution is 6.01. The number of rotatable bonds is 7. The molecule has 0 amide bonds. The largest absolute Gasteiger partial charge is 0.492 e. The number of piperidine rings is 1. The number of hydrogen-bond acceptors (Lipinski definition) is 5. The number of carbonyl (C=O) groups is 1. The molecule has 5 nitrogen and oxygen atoms in total. The Bertz CT molecular complexity index is 1280. The van der Waals surface area contributed by atoms with Crippen LogP contribution in [0.5, 0.6) is 17.2 Å². The number of hydrogen-bond donors (Lipinski definition) is 0. The normalized spacial score (nSPS) is 16.0. The molecule has 0 bridgehead atoms. The minimum Gasteiger partial charge on any atom is -0.492 e. The number of benzene rings is 3. The molecule has 0 spiro atoms. The molecule has 5 rings (SSSR count). The first-order valence-corrected chi connectivity index (χ1v) is 13.6. The second-order valence-electron chi connectivity index (χ2n) is 11.1. The maximum Gasteiger partial charge on any atom is 0.316 e. The zero-order valence-corrected chi connectivity index (χ0v) is 22.7. The molecule has 3 aromatic carbocycles. The monoisotopic (exact) mass is 511 g/mol. The predicted octanol–water partition coefficient (Wildman–Crippen LogP) is 6.85. The van der Waals surface area contributed by atoms with E-state index in [1.54, 1.807) is 0 Å². The lowest BCUT2D eigenvalue weighted by Gasteiger charge is -2.26. The molecule has 2 aliphatic rings. The van der Waals surface area contributed by atoms with Gasteiger partial charge in [-0.05, 0) is 87.7 Å². The van der Waals surface area contributed by atoms with Gasteiger partial charge in [0.1, 0.15) is 30.5 Å². The second kappa shape index (κ2) is 11.4. The maximum atomic E-state index is 12.4. The van der Waals surface area contributed by atoms with Crippen molar-refractivity contribution in [2.75, 3.05) is 32.8 Å². The number of nitrogens with zero attached hydrogens (tertiary/aromatic N) is 1. The lowest BCUT2D eigenvalue weighted by Crippen LogP contribution is -2.33. The van der Waals surface area contributed by atoms with Gasteiger partial charge in [0.05, 0.1) is 5.41 Å². The minimum absolute atomic E-state index is 0.273. The van der Waals surface area contributed by atoms with E-state index in [2.05, 4.69) is 41.3 Å². The third kappa shape index (κ3) is 6.11. The zero-order chi connectivity index (χ0) is 26.5. The van der Waals surface area contributed by atoms with Gasteiger partial charge in [0.25, 0.3) is 0 Å². The van der Waals surface area contributed by atoms with Crippen LogP contribution in [0.4, 0.5) is 0 Å². The quantitative estimate of drug-likeness (QED) is 0.256. The third-order valence-corrected chi connectivity index (χ3v) is 7.11. The molecule has 0 saturated carbocycles. The molecule has 0 unspecified atom stereocenters. The Labute approximate surface area is 226 Å². The van der Waals surface area contributed by atoms with Crippen LogP contribution >= 0.6 is 0 Å². The Balaban J connectivity index is 1.41. The van der Waals surface area contributed by atoms with E-state index in [1.165, 1.54) is 32.4 Å². The van der Waals surface area contributed by atoms with Crippen molar-refractivity contribution in [2.45, 2.75) is 40.0 Å². The van der Waals surface area contributed by atoms with Gasteiger partial charge in [-0.25, -0.2) is 0 Å². The Morgan fingerprint density at radius 3 is 2.29 bits per heavy atom. The summed E-state index contributed by atoms with van der Waals surface area (Å²) in [6.07, 6.45) is 3.93. The molecular weight excluding hydrogens is 474 g/mol. The summed E-state index contributed by atoms with van der Waals surface area (Å²) in [5, 5.41) is 0. The summed E-state index contributed by atoms with van der Waals surface area (Å²) in [5.41, 5.74) is 4.85. The summed E-state index contributed by atoms with van der Waals surface area (Å²) >= 11 is 0. The van der Waals surface area contributed by atoms with Gasteiger partial charge >= 0.3 is 5.97 Å². The molecule has 0 aliphatic carbocycles. The first-order chi connectivity index (χ1) is 18.4. The van der Waals surface area contributed by atoms with Crippen LogP contribution in [0.25, 0.3) is 11.1 Å². The molecular formula is C33H37NO4. The fourth-order valence-electron chi connectivity index (χ4n) is 4.93. The van der Waals surface area contributed by atoms with Gasteiger partial charge in [0.2, 0.25) is 0 Å². The molecule has 5 heteroatoms. The SMILES string of the molecule is CC(C)(C)C(=O)Oc1ccc2c(c1)OCC(c1ccccc1)=C2c1ccc(OCCN2CCCCC2)cc1. The topological polar surface area (TPSA) is 48.0 Å². The molecule has 198 valence electrons. The number of ether oxygens (including phenoxy) is 3. The van der Waals surface area contributed by atoms with Crippen LogP contribution < -0.4 is 14.2 Å². The van der Waals surface area contributed by atoms with Crippen molar-refractivity contribution in [2.24, 2.45) is 5.41 Å². The minimum atomic E-state index is -0.583. The Morgan fingerprint density at radius 1 is 0.868 bits per heavy atom. The van der Waals surface area contributed by atoms with E-state index < -0.39 is 5.41 Å². The van der Waals surface area contributed by atoms with Gasteiger partial charge in [0.15, 0.2) is 0 Å². The van der Waals surface area contributed by atoms with Crippen LogP contribution in [0.3, 0.4) is 0 Å². The average Bonchev–Trinajstić information content (AvgIpc) is 2.93. The van der Waals surface area contributed by atoms with E-state index in [0.717, 1.165) is 40.1 Å². The zero-order valence-electron chi connectivity index (χ0n) is 22.7. The molecule has 2 heterocycles. The Hall–Kier alpha value is -3.57. The number of fused-ring (bicyclic) bond motifs is 1. The molecule has 0 atom stereocenters. The molecule has 0 radical (unpaired) electrons. The third-order valence-electron chi connectivity index (χ3n) is 7.11. The summed E-state index contributed by atoms with van der Waals surface area (Å²) < 4.78 is 17.9. The molecule has 1 fully saturated rings. The van der Waals surface area contributed by atoms with Gasteiger partial charge in [-0.15, -0.1) is 0 Å². The summed E-state index contributed by atoms with van der Waals surface area (Å²) in [6, 6.07) is 24.3. The maximum absolute atomic E-state index is 12.4. The molecule has 0 aromatic heterocycles. The van der Waals surface area contributed by atoms with E-state index >= 15 is 0 Å². The fraction of sp³-hybridized carbons (Fsp3) is 0.364. The summed E-state index contributed by atoms with van der Waals surface area (Å²) in [4.78, 5) is 14.9. The number of esters is 1. The van der Waals surface area contributed by atoms with E-state index in [9.17, 15) is 4.79 Å². The molecule has 1 saturated heterocycles. The van der Waals surface area contributed by atoms with Crippen LogP contribution in [0.2, 0.25) is 0 Å². The van der Waals surface area contributed by atoms with Crippen molar-refractivity contribution < 1.29 is 19.0 Å². The number of likely N-dealkylation sites (tertiary alicyclic amines) is 1. The lowest BCUT2D eigenvalue weighted by molar-refractivity contribution is -0.143. The summed E-state index contributed by atoms with van der Waals surface area (Å²) in [7, 11) is 0. The van der Waals surface area contributed by atoms with Crippen LogP contribution in [0.1, 0.15) is 56.7 Å². The average molecular weight is 512 g/mol. The van der Waals surface area contributed by atoms with E-state index in [4.69, 9.17) is 14.2 Å². The summed E-state index contributed by atoms with van der Waals surface area (Å²) in [5.74, 6) is 1.80.